The molecule has 0 aromatic heterocycles. The number of thioether (sulfide) groups is 1. The summed E-state index contributed by atoms with van der Waals surface area (Å²) < 4.78 is 0. The van der Waals surface area contributed by atoms with Gasteiger partial charge in [-0.3, -0.25) is 0 Å². The Morgan fingerprint density at radius 2 is 1.62 bits per heavy atom. The number of rotatable bonds is 6. The maximum atomic E-state index is 3.45. The van der Waals surface area contributed by atoms with E-state index in [2.05, 4.69) is 75.5 Å². The molecule has 0 aliphatic rings. The van der Waals surface area contributed by atoms with Crippen molar-refractivity contribution in [2.75, 3.05) is 6.54 Å². The van der Waals surface area contributed by atoms with E-state index in [0.717, 1.165) is 12.3 Å². The molecule has 21 heavy (non-hydrogen) atoms. The molecule has 0 saturated carbocycles. The smallest absolute Gasteiger partial charge is 0.0291 e. The molecule has 0 aliphatic heterocycles. The first kappa shape index (κ1) is 16.1. The van der Waals surface area contributed by atoms with Crippen molar-refractivity contribution in [2.45, 2.75) is 44.4 Å². The fourth-order valence-corrected chi connectivity index (χ4v) is 3.60. The normalized spacial score (nSPS) is 12.4. The molecule has 1 unspecified atom stereocenters. The van der Waals surface area contributed by atoms with Crippen LogP contribution in [-0.2, 0) is 5.75 Å². The molecule has 1 atom stereocenters. The van der Waals surface area contributed by atoms with Gasteiger partial charge in [-0.15, -0.1) is 11.8 Å². The Hall–Kier alpha value is -1.25. The Morgan fingerprint density at radius 3 is 2.19 bits per heavy atom. The molecule has 0 amide bonds. The predicted octanol–water partition coefficient (Wildman–Crippen LogP) is 5.27. The van der Waals surface area contributed by atoms with Gasteiger partial charge in [-0.1, -0.05) is 37.3 Å². The van der Waals surface area contributed by atoms with Gasteiger partial charge in [-0.05, 0) is 61.7 Å². The van der Waals surface area contributed by atoms with Gasteiger partial charge in [0.05, 0.1) is 0 Å². The van der Waals surface area contributed by atoms with Crippen molar-refractivity contribution < 1.29 is 0 Å². The fourth-order valence-electron chi connectivity index (χ4n) is 2.51. The summed E-state index contributed by atoms with van der Waals surface area (Å²) in [7, 11) is 0. The molecule has 2 aromatic rings. The summed E-state index contributed by atoms with van der Waals surface area (Å²) in [5.74, 6) is 1.04. The lowest BCUT2D eigenvalue weighted by molar-refractivity contribution is 0.598. The second-order valence-corrected chi connectivity index (χ2v) is 6.56. The average Bonchev–Trinajstić information content (AvgIpc) is 2.47. The SMILES string of the molecule is CCNC(C)c1ccc(SCc2c(C)cccc2C)cc1. The minimum Gasteiger partial charge on any atom is -0.310 e. The summed E-state index contributed by atoms with van der Waals surface area (Å²) in [6.45, 7) is 9.76. The zero-order valence-electron chi connectivity index (χ0n) is 13.4. The van der Waals surface area contributed by atoms with Gasteiger partial charge < -0.3 is 5.32 Å². The molecule has 2 heteroatoms. The van der Waals surface area contributed by atoms with Crippen LogP contribution in [0.15, 0.2) is 47.4 Å². The van der Waals surface area contributed by atoms with Crippen molar-refractivity contribution in [3.63, 3.8) is 0 Å². The van der Waals surface area contributed by atoms with Gasteiger partial charge in [0, 0.05) is 16.7 Å². The first-order valence-electron chi connectivity index (χ1n) is 7.63. The number of aryl methyl sites for hydroxylation is 2. The largest absolute Gasteiger partial charge is 0.310 e. The molecule has 0 bridgehead atoms. The third kappa shape index (κ3) is 4.36. The van der Waals surface area contributed by atoms with Gasteiger partial charge in [0.1, 0.15) is 0 Å². The van der Waals surface area contributed by atoms with Gasteiger partial charge in [0.2, 0.25) is 0 Å². The first-order chi connectivity index (χ1) is 10.1. The molecule has 0 radical (unpaired) electrons. The minimum atomic E-state index is 0.424. The van der Waals surface area contributed by atoms with E-state index in [1.807, 2.05) is 11.8 Å². The van der Waals surface area contributed by atoms with E-state index in [4.69, 9.17) is 0 Å². The number of hydrogen-bond acceptors (Lipinski definition) is 2. The average molecular weight is 299 g/mol. The van der Waals surface area contributed by atoms with Crippen molar-refractivity contribution >= 4 is 11.8 Å². The van der Waals surface area contributed by atoms with Crippen LogP contribution in [0.1, 0.15) is 42.1 Å². The summed E-state index contributed by atoms with van der Waals surface area (Å²) in [6, 6.07) is 15.9. The summed E-state index contributed by atoms with van der Waals surface area (Å²) in [5, 5.41) is 3.45. The Morgan fingerprint density at radius 1 is 1.00 bits per heavy atom. The minimum absolute atomic E-state index is 0.424. The van der Waals surface area contributed by atoms with Crippen LogP contribution in [0.25, 0.3) is 0 Å². The maximum Gasteiger partial charge on any atom is 0.0291 e. The van der Waals surface area contributed by atoms with Gasteiger partial charge in [-0.2, -0.15) is 0 Å². The van der Waals surface area contributed by atoms with E-state index in [-0.39, 0.29) is 0 Å². The summed E-state index contributed by atoms with van der Waals surface area (Å²) in [6.07, 6.45) is 0. The highest BCUT2D eigenvalue weighted by atomic mass is 32.2. The van der Waals surface area contributed by atoms with Gasteiger partial charge in [0.15, 0.2) is 0 Å². The highest BCUT2D eigenvalue weighted by Gasteiger charge is 2.05. The molecule has 1 nitrogen and oxygen atoms in total. The zero-order chi connectivity index (χ0) is 15.2. The molecule has 2 aromatic carbocycles. The summed E-state index contributed by atoms with van der Waals surface area (Å²) >= 11 is 1.92. The third-order valence-electron chi connectivity index (χ3n) is 3.92. The lowest BCUT2D eigenvalue weighted by atomic mass is 10.1. The topological polar surface area (TPSA) is 12.0 Å². The Balaban J connectivity index is 2.01. The Kier molecular flexibility index (Phi) is 5.89. The monoisotopic (exact) mass is 299 g/mol. The van der Waals surface area contributed by atoms with E-state index >= 15 is 0 Å². The molecule has 0 spiro atoms. The van der Waals surface area contributed by atoms with E-state index in [1.165, 1.54) is 27.1 Å². The molecule has 0 aliphatic carbocycles. The van der Waals surface area contributed by atoms with E-state index in [9.17, 15) is 0 Å². The Bertz CT molecular complexity index is 554. The quantitative estimate of drug-likeness (QED) is 0.730. The molecular weight excluding hydrogens is 274 g/mol. The van der Waals surface area contributed by atoms with Crippen molar-refractivity contribution in [3.05, 3.63) is 64.7 Å². The number of benzene rings is 2. The van der Waals surface area contributed by atoms with Crippen LogP contribution in [0.4, 0.5) is 0 Å². The van der Waals surface area contributed by atoms with Gasteiger partial charge >= 0.3 is 0 Å². The van der Waals surface area contributed by atoms with Crippen molar-refractivity contribution in [2.24, 2.45) is 0 Å². The Labute approximate surface area is 133 Å². The molecule has 2 rings (SSSR count). The maximum absolute atomic E-state index is 3.45. The second kappa shape index (κ2) is 7.67. The number of hydrogen-bond donors (Lipinski definition) is 1. The highest BCUT2D eigenvalue weighted by molar-refractivity contribution is 7.98. The fraction of sp³-hybridized carbons (Fsp3) is 0.368. The van der Waals surface area contributed by atoms with Crippen molar-refractivity contribution in [1.29, 1.82) is 0 Å². The molecule has 0 fully saturated rings. The summed E-state index contributed by atoms with van der Waals surface area (Å²) in [5.41, 5.74) is 5.60. The first-order valence-corrected chi connectivity index (χ1v) is 8.61. The lowest BCUT2D eigenvalue weighted by Crippen LogP contribution is -2.17. The second-order valence-electron chi connectivity index (χ2n) is 5.51. The van der Waals surface area contributed by atoms with Crippen LogP contribution in [-0.4, -0.2) is 6.54 Å². The standard InChI is InChI=1S/C19H25NS/c1-5-20-16(4)17-9-11-18(12-10-17)21-13-19-14(2)7-6-8-15(19)3/h6-12,16,20H,5,13H2,1-4H3. The van der Waals surface area contributed by atoms with Crippen LogP contribution in [0.2, 0.25) is 0 Å². The van der Waals surface area contributed by atoms with E-state index in [1.54, 1.807) is 0 Å². The predicted molar refractivity (Wildman–Crippen MR) is 94.0 cm³/mol. The molecule has 112 valence electrons. The molecular formula is C19H25NS. The number of nitrogens with one attached hydrogen (secondary N) is 1. The van der Waals surface area contributed by atoms with Crippen molar-refractivity contribution in [3.8, 4) is 0 Å². The van der Waals surface area contributed by atoms with Crippen molar-refractivity contribution in [1.82, 2.24) is 5.32 Å². The van der Waals surface area contributed by atoms with Gasteiger partial charge in [0.25, 0.3) is 0 Å². The summed E-state index contributed by atoms with van der Waals surface area (Å²) in [4.78, 5) is 1.34. The highest BCUT2D eigenvalue weighted by Crippen LogP contribution is 2.27. The van der Waals surface area contributed by atoms with Crippen LogP contribution in [0, 0.1) is 13.8 Å². The molecule has 0 heterocycles. The lowest BCUT2D eigenvalue weighted by Gasteiger charge is -2.13. The third-order valence-corrected chi connectivity index (χ3v) is 4.96. The molecule has 0 saturated heterocycles. The molecule has 1 N–H and O–H groups in total. The van der Waals surface area contributed by atoms with Crippen LogP contribution < -0.4 is 5.32 Å². The van der Waals surface area contributed by atoms with Crippen LogP contribution in [0.5, 0.6) is 0 Å². The van der Waals surface area contributed by atoms with Gasteiger partial charge in [-0.25, -0.2) is 0 Å². The van der Waals surface area contributed by atoms with E-state index < -0.39 is 0 Å². The zero-order valence-corrected chi connectivity index (χ0v) is 14.3. The van der Waals surface area contributed by atoms with Crippen LogP contribution in [0.3, 0.4) is 0 Å². The van der Waals surface area contributed by atoms with E-state index in [0.29, 0.717) is 6.04 Å². The van der Waals surface area contributed by atoms with Crippen LogP contribution >= 0.6 is 11.8 Å².